The van der Waals surface area contributed by atoms with Crippen LogP contribution in [0.3, 0.4) is 0 Å². The zero-order chi connectivity index (χ0) is 16.4. The van der Waals surface area contributed by atoms with Crippen LogP contribution in [0.1, 0.15) is 31.0 Å². The lowest BCUT2D eigenvalue weighted by atomic mass is 10.0. The van der Waals surface area contributed by atoms with Crippen LogP contribution in [-0.4, -0.2) is 25.6 Å². The number of nitrogens with one attached hydrogen (secondary N) is 2. The molecule has 120 valence electrons. The van der Waals surface area contributed by atoms with Crippen molar-refractivity contribution in [3.8, 4) is 0 Å². The second kappa shape index (κ2) is 5.96. The van der Waals surface area contributed by atoms with Crippen molar-refractivity contribution in [2.24, 2.45) is 0 Å². The fourth-order valence-electron chi connectivity index (χ4n) is 2.21. The predicted molar refractivity (Wildman–Crippen MR) is 89.6 cm³/mol. The van der Waals surface area contributed by atoms with Gasteiger partial charge in [0.05, 0.1) is 5.54 Å². The molecule has 0 fully saturated rings. The van der Waals surface area contributed by atoms with Crippen molar-refractivity contribution in [3.05, 3.63) is 40.5 Å². The topological polar surface area (TPSA) is 84.2 Å². The van der Waals surface area contributed by atoms with Crippen molar-refractivity contribution in [1.82, 2.24) is 24.9 Å². The number of hydrogen-bond donors (Lipinski definition) is 2. The number of pyridine rings is 1. The molecule has 0 saturated heterocycles. The molecule has 0 radical (unpaired) electrons. The standard InChI is InChI=1S/C15H18N6OS/c1-4-15(3,12-16-10(2)9-23-12)18-14(22)17-13-20-19-11-7-5-6-8-21(11)13/h5-9H,4H2,1-3H3,(H2,17,18,20,22)/t15-/m0/s1. The molecule has 7 nitrogen and oxygen atoms in total. The molecule has 0 aliphatic rings. The molecule has 0 bridgehead atoms. The summed E-state index contributed by atoms with van der Waals surface area (Å²) >= 11 is 1.55. The van der Waals surface area contributed by atoms with Crippen LogP contribution in [0, 0.1) is 6.92 Å². The highest BCUT2D eigenvalue weighted by molar-refractivity contribution is 7.09. The van der Waals surface area contributed by atoms with E-state index < -0.39 is 5.54 Å². The highest BCUT2D eigenvalue weighted by Crippen LogP contribution is 2.27. The highest BCUT2D eigenvalue weighted by Gasteiger charge is 2.30. The van der Waals surface area contributed by atoms with Crippen LogP contribution in [0.25, 0.3) is 5.65 Å². The Bertz CT molecular complexity index is 841. The van der Waals surface area contributed by atoms with Crippen LogP contribution in [0.5, 0.6) is 0 Å². The molecule has 0 aromatic carbocycles. The zero-order valence-corrected chi connectivity index (χ0v) is 14.0. The average molecular weight is 330 g/mol. The van der Waals surface area contributed by atoms with E-state index in [1.54, 1.807) is 21.9 Å². The third kappa shape index (κ3) is 3.02. The van der Waals surface area contributed by atoms with E-state index in [9.17, 15) is 4.79 Å². The van der Waals surface area contributed by atoms with Gasteiger partial charge in [0.2, 0.25) is 5.95 Å². The molecular formula is C15H18N6OS. The Morgan fingerprint density at radius 1 is 1.39 bits per heavy atom. The number of carbonyl (C=O) groups excluding carboxylic acids is 1. The first-order valence-corrected chi connectivity index (χ1v) is 8.21. The lowest BCUT2D eigenvalue weighted by Gasteiger charge is -2.27. The van der Waals surface area contributed by atoms with Crippen LogP contribution in [0.2, 0.25) is 0 Å². The number of amides is 2. The fourth-order valence-corrected chi connectivity index (χ4v) is 3.20. The Morgan fingerprint density at radius 2 is 2.22 bits per heavy atom. The van der Waals surface area contributed by atoms with Gasteiger partial charge in [-0.05, 0) is 32.4 Å². The van der Waals surface area contributed by atoms with Crippen molar-refractivity contribution >= 4 is 29.0 Å². The number of fused-ring (bicyclic) bond motifs is 1. The Balaban J connectivity index is 1.78. The van der Waals surface area contributed by atoms with Crippen LogP contribution < -0.4 is 10.6 Å². The summed E-state index contributed by atoms with van der Waals surface area (Å²) < 4.78 is 1.72. The molecule has 1 atom stereocenters. The number of hydrogen-bond acceptors (Lipinski definition) is 5. The number of carbonyl (C=O) groups is 1. The zero-order valence-electron chi connectivity index (χ0n) is 13.2. The lowest BCUT2D eigenvalue weighted by Crippen LogP contribution is -2.45. The second-order valence-electron chi connectivity index (χ2n) is 5.51. The normalized spacial score (nSPS) is 13.7. The third-order valence-electron chi connectivity index (χ3n) is 3.73. The molecule has 3 aromatic rings. The van der Waals surface area contributed by atoms with E-state index in [4.69, 9.17) is 0 Å². The van der Waals surface area contributed by atoms with E-state index in [-0.39, 0.29) is 6.03 Å². The molecule has 2 amide bonds. The van der Waals surface area contributed by atoms with Crippen LogP contribution >= 0.6 is 11.3 Å². The lowest BCUT2D eigenvalue weighted by molar-refractivity contribution is 0.237. The van der Waals surface area contributed by atoms with E-state index in [0.717, 1.165) is 17.1 Å². The van der Waals surface area contributed by atoms with Crippen LogP contribution in [-0.2, 0) is 5.54 Å². The van der Waals surface area contributed by atoms with Crippen molar-refractivity contribution in [3.63, 3.8) is 0 Å². The summed E-state index contributed by atoms with van der Waals surface area (Å²) in [6.07, 6.45) is 2.53. The molecule has 8 heteroatoms. The first kappa shape index (κ1) is 15.4. The molecule has 2 N–H and O–H groups in total. The maximum absolute atomic E-state index is 12.4. The first-order chi connectivity index (χ1) is 11.0. The molecule has 3 aromatic heterocycles. The number of anilines is 1. The largest absolute Gasteiger partial charge is 0.326 e. The Labute approximate surface area is 137 Å². The second-order valence-corrected chi connectivity index (χ2v) is 6.37. The van der Waals surface area contributed by atoms with E-state index >= 15 is 0 Å². The number of aryl methyl sites for hydroxylation is 1. The Kier molecular flexibility index (Phi) is 3.99. The van der Waals surface area contributed by atoms with Gasteiger partial charge in [0.15, 0.2) is 5.65 Å². The Morgan fingerprint density at radius 3 is 2.91 bits per heavy atom. The minimum Gasteiger partial charge on any atom is -0.326 e. The van der Waals surface area contributed by atoms with Gasteiger partial charge >= 0.3 is 6.03 Å². The van der Waals surface area contributed by atoms with Gasteiger partial charge in [-0.2, -0.15) is 0 Å². The van der Waals surface area contributed by atoms with Gasteiger partial charge in [0, 0.05) is 17.3 Å². The van der Waals surface area contributed by atoms with Gasteiger partial charge < -0.3 is 5.32 Å². The molecule has 0 spiro atoms. The van der Waals surface area contributed by atoms with Crippen molar-refractivity contribution < 1.29 is 4.79 Å². The molecule has 0 aliphatic carbocycles. The van der Waals surface area contributed by atoms with Gasteiger partial charge in [-0.1, -0.05) is 13.0 Å². The molecule has 3 rings (SSSR count). The third-order valence-corrected chi connectivity index (χ3v) is 4.95. The van der Waals surface area contributed by atoms with Gasteiger partial charge in [-0.3, -0.25) is 9.72 Å². The minimum absolute atomic E-state index is 0.333. The Hall–Kier alpha value is -2.48. The highest BCUT2D eigenvalue weighted by atomic mass is 32.1. The maximum Gasteiger partial charge on any atom is 0.322 e. The maximum atomic E-state index is 12.4. The van der Waals surface area contributed by atoms with E-state index in [2.05, 4.69) is 25.8 Å². The SMILES string of the molecule is CC[C@](C)(NC(=O)Nc1nnc2ccccn12)c1nc(C)cs1. The van der Waals surface area contributed by atoms with E-state index in [1.807, 2.05) is 44.4 Å². The number of urea groups is 1. The van der Waals surface area contributed by atoms with Gasteiger partial charge in [-0.25, -0.2) is 9.78 Å². The van der Waals surface area contributed by atoms with E-state index in [1.165, 1.54) is 0 Å². The molecule has 0 saturated carbocycles. The minimum atomic E-state index is -0.524. The average Bonchev–Trinajstić information content (AvgIpc) is 3.14. The summed E-state index contributed by atoms with van der Waals surface area (Å²) in [5.41, 5.74) is 1.11. The van der Waals surface area contributed by atoms with Crippen molar-refractivity contribution in [2.75, 3.05) is 5.32 Å². The summed E-state index contributed by atoms with van der Waals surface area (Å²) in [4.78, 5) is 16.9. The molecule has 0 aliphatic heterocycles. The predicted octanol–water partition coefficient (Wildman–Crippen LogP) is 2.94. The van der Waals surface area contributed by atoms with Crippen LogP contribution in [0.15, 0.2) is 29.8 Å². The van der Waals surface area contributed by atoms with Gasteiger partial charge in [0.1, 0.15) is 5.01 Å². The summed E-state index contributed by atoms with van der Waals surface area (Å²) in [5.74, 6) is 0.381. The molecular weight excluding hydrogens is 312 g/mol. The van der Waals surface area contributed by atoms with Crippen molar-refractivity contribution in [1.29, 1.82) is 0 Å². The molecule has 0 unspecified atom stereocenters. The summed E-state index contributed by atoms with van der Waals surface area (Å²) in [6.45, 7) is 5.93. The monoisotopic (exact) mass is 330 g/mol. The number of rotatable bonds is 4. The van der Waals surface area contributed by atoms with Crippen LogP contribution in [0.4, 0.5) is 10.7 Å². The quantitative estimate of drug-likeness (QED) is 0.770. The summed E-state index contributed by atoms with van der Waals surface area (Å²) in [7, 11) is 0. The van der Waals surface area contributed by atoms with Gasteiger partial charge in [-0.15, -0.1) is 21.5 Å². The molecule has 23 heavy (non-hydrogen) atoms. The number of thiazole rings is 1. The summed E-state index contributed by atoms with van der Waals surface area (Å²) in [5, 5.41) is 16.6. The fraction of sp³-hybridized carbons (Fsp3) is 0.333. The summed E-state index contributed by atoms with van der Waals surface area (Å²) in [6, 6.07) is 5.21. The number of nitrogens with zero attached hydrogens (tertiary/aromatic N) is 4. The van der Waals surface area contributed by atoms with E-state index in [0.29, 0.717) is 11.6 Å². The number of aromatic nitrogens is 4. The smallest absolute Gasteiger partial charge is 0.322 e. The van der Waals surface area contributed by atoms with Gasteiger partial charge in [0.25, 0.3) is 0 Å². The van der Waals surface area contributed by atoms with Crippen molar-refractivity contribution in [2.45, 2.75) is 32.7 Å². The first-order valence-electron chi connectivity index (χ1n) is 7.33. The molecule has 3 heterocycles.